The molecule has 0 saturated heterocycles. The molecule has 0 aliphatic rings. The van der Waals surface area contributed by atoms with Crippen LogP contribution in [0.5, 0.6) is 5.88 Å². The topological polar surface area (TPSA) is 121 Å². The molecule has 0 spiro atoms. The van der Waals surface area contributed by atoms with Crippen LogP contribution in [0.1, 0.15) is 41.3 Å². The van der Waals surface area contributed by atoms with Crippen molar-refractivity contribution in [3.05, 3.63) is 97.5 Å². The van der Waals surface area contributed by atoms with Gasteiger partial charge in [-0.1, -0.05) is 30.3 Å². The van der Waals surface area contributed by atoms with Crippen LogP contribution < -0.4 is 56.0 Å². The maximum absolute atomic E-state index is 11.6. The molecule has 0 aliphatic heterocycles. The Hall–Kier alpha value is -3.11. The number of nitrogens with zero attached hydrogens (tertiary/aromatic N) is 3. The van der Waals surface area contributed by atoms with Crippen molar-refractivity contribution in [3.8, 4) is 17.0 Å². The van der Waals surface area contributed by atoms with Gasteiger partial charge in [0.15, 0.2) is 5.69 Å². The van der Waals surface area contributed by atoms with Crippen molar-refractivity contribution in [2.45, 2.75) is 53.3 Å². The fourth-order valence-electron chi connectivity index (χ4n) is 4.07. The molecule has 0 unspecified atom stereocenters. The fraction of sp³-hybridized carbons (Fsp3) is 0.321. The zero-order valence-corrected chi connectivity index (χ0v) is 24.4. The summed E-state index contributed by atoms with van der Waals surface area (Å²) in [6.45, 7) is 9.01. The van der Waals surface area contributed by atoms with Gasteiger partial charge < -0.3 is 24.7 Å². The molecule has 9 nitrogen and oxygen atoms in total. The molecule has 38 heavy (non-hydrogen) atoms. The Morgan fingerprint density at radius 1 is 1.11 bits per heavy atom. The van der Waals surface area contributed by atoms with E-state index in [1.165, 1.54) is 0 Å². The molecular formula is C28H31N4NaO5. The van der Waals surface area contributed by atoms with Gasteiger partial charge >= 0.3 is 35.3 Å². The van der Waals surface area contributed by atoms with Gasteiger partial charge in [-0.2, -0.15) is 0 Å². The molecule has 2 aromatic heterocycles. The second-order valence-electron chi connectivity index (χ2n) is 9.16. The SMILES string of the molecule is Cc1cc(-c2cccc(CNc3ccc(Cn4oc(=O)[n-]c4=O)cc3)c2C)c(C)nc1OCC[C@H](C)O.[Na+]. The van der Waals surface area contributed by atoms with Crippen molar-refractivity contribution in [2.24, 2.45) is 0 Å². The third kappa shape index (κ3) is 7.26. The summed E-state index contributed by atoms with van der Waals surface area (Å²) in [6, 6.07) is 15.9. The van der Waals surface area contributed by atoms with E-state index in [9.17, 15) is 14.7 Å². The predicted octanol–water partition coefficient (Wildman–Crippen LogP) is 0.560. The van der Waals surface area contributed by atoms with Crippen molar-refractivity contribution < 1.29 is 43.9 Å². The quantitative estimate of drug-likeness (QED) is 0.288. The van der Waals surface area contributed by atoms with E-state index in [4.69, 9.17) is 9.26 Å². The number of hydrogen-bond acceptors (Lipinski definition) is 7. The number of ether oxygens (including phenoxy) is 1. The maximum atomic E-state index is 11.6. The first kappa shape index (κ1) is 29.4. The molecule has 10 heteroatoms. The molecular weight excluding hydrogens is 495 g/mol. The molecule has 0 amide bonds. The van der Waals surface area contributed by atoms with Crippen LogP contribution in [-0.2, 0) is 13.1 Å². The van der Waals surface area contributed by atoms with Gasteiger partial charge in [0.05, 0.1) is 12.7 Å². The number of pyridine rings is 1. The Morgan fingerprint density at radius 3 is 2.50 bits per heavy atom. The Labute approximate surface area is 243 Å². The molecule has 0 aliphatic carbocycles. The molecule has 2 N–H and O–H groups in total. The van der Waals surface area contributed by atoms with Crippen molar-refractivity contribution in [3.63, 3.8) is 0 Å². The van der Waals surface area contributed by atoms with Crippen LogP contribution >= 0.6 is 0 Å². The number of aryl methyl sites for hydroxylation is 2. The molecule has 2 aromatic carbocycles. The second kappa shape index (κ2) is 13.1. The van der Waals surface area contributed by atoms with Gasteiger partial charge in [-0.25, -0.2) is 9.78 Å². The summed E-state index contributed by atoms with van der Waals surface area (Å²) in [5, 5.41) is 12.9. The minimum absolute atomic E-state index is 0. The van der Waals surface area contributed by atoms with E-state index in [1.54, 1.807) is 6.92 Å². The van der Waals surface area contributed by atoms with Crippen LogP contribution in [0.25, 0.3) is 11.1 Å². The van der Waals surface area contributed by atoms with Gasteiger partial charge in [0, 0.05) is 42.0 Å². The van der Waals surface area contributed by atoms with Gasteiger partial charge in [-0.3, -0.25) is 9.53 Å². The maximum Gasteiger partial charge on any atom is 1.00 e. The molecule has 0 saturated carbocycles. The van der Waals surface area contributed by atoms with Crippen LogP contribution in [0.15, 0.2) is 62.6 Å². The van der Waals surface area contributed by atoms with E-state index in [0.717, 1.165) is 49.5 Å². The molecule has 0 bridgehead atoms. The number of anilines is 1. The summed E-state index contributed by atoms with van der Waals surface area (Å²) < 4.78 is 11.5. The fourth-order valence-corrected chi connectivity index (χ4v) is 4.07. The molecule has 4 aromatic rings. The predicted molar refractivity (Wildman–Crippen MR) is 141 cm³/mol. The summed E-state index contributed by atoms with van der Waals surface area (Å²) in [5.74, 6) is -0.290. The standard InChI is InChI=1S/C28H32N4O5.Na/c1-17-14-25(20(4)30-26(17)36-13-12-18(2)33)24-7-5-6-22(19(24)3)15-29-23-10-8-21(9-11-23)16-32-27(34)31-28(35)37-32;/h5-11,14,18,29,33H,12-13,15-16H2,1-4H3,(H,31,34,35);/q;+1/p-1/t18-;/m0./s1. The Morgan fingerprint density at radius 2 is 1.84 bits per heavy atom. The zero-order valence-electron chi connectivity index (χ0n) is 22.4. The first-order valence-electron chi connectivity index (χ1n) is 12.2. The molecule has 1 atom stereocenters. The number of aromatic nitrogens is 3. The minimum Gasteiger partial charge on any atom is -0.477 e. The van der Waals surface area contributed by atoms with E-state index in [0.29, 0.717) is 25.5 Å². The van der Waals surface area contributed by atoms with E-state index in [1.807, 2.05) is 44.2 Å². The van der Waals surface area contributed by atoms with Crippen molar-refractivity contribution in [1.82, 2.24) is 14.7 Å². The van der Waals surface area contributed by atoms with Gasteiger partial charge in [-0.15, -0.1) is 0 Å². The summed E-state index contributed by atoms with van der Waals surface area (Å²) in [6.07, 6.45) is 0.152. The van der Waals surface area contributed by atoms with E-state index >= 15 is 0 Å². The number of aliphatic hydroxyl groups is 1. The summed E-state index contributed by atoms with van der Waals surface area (Å²) in [5.41, 5.74) is 7.39. The van der Waals surface area contributed by atoms with Gasteiger partial charge in [0.2, 0.25) is 5.88 Å². The summed E-state index contributed by atoms with van der Waals surface area (Å²) >= 11 is 0. The Balaban J connectivity index is 0.00000400. The average molecular weight is 527 g/mol. The Kier molecular flexibility index (Phi) is 10.2. The molecule has 0 radical (unpaired) electrons. The van der Waals surface area contributed by atoms with E-state index in [2.05, 4.69) is 40.4 Å². The second-order valence-corrected chi connectivity index (χ2v) is 9.16. The number of nitrogens with one attached hydrogen (secondary N) is 1. The summed E-state index contributed by atoms with van der Waals surface area (Å²) in [4.78, 5) is 30.6. The van der Waals surface area contributed by atoms with Crippen LogP contribution in [0.2, 0.25) is 0 Å². The molecule has 4 rings (SSSR count). The monoisotopic (exact) mass is 526 g/mol. The van der Waals surface area contributed by atoms with Crippen molar-refractivity contribution in [2.75, 3.05) is 11.9 Å². The number of hydrogen-bond donors (Lipinski definition) is 2. The minimum atomic E-state index is -0.890. The normalized spacial score (nSPS) is 11.6. The van der Waals surface area contributed by atoms with Crippen LogP contribution in [0, 0.1) is 20.8 Å². The molecule has 0 fully saturated rings. The van der Waals surface area contributed by atoms with Crippen LogP contribution in [0.3, 0.4) is 0 Å². The number of aliphatic hydroxyl groups excluding tert-OH is 1. The van der Waals surface area contributed by atoms with E-state index in [-0.39, 0.29) is 36.1 Å². The van der Waals surface area contributed by atoms with Crippen molar-refractivity contribution >= 4 is 5.69 Å². The number of benzene rings is 2. The smallest absolute Gasteiger partial charge is 0.477 e. The van der Waals surface area contributed by atoms with Gasteiger partial charge in [-0.05, 0) is 68.1 Å². The Bertz CT molecular complexity index is 1490. The number of rotatable bonds is 10. The third-order valence-electron chi connectivity index (χ3n) is 6.22. The third-order valence-corrected chi connectivity index (χ3v) is 6.22. The van der Waals surface area contributed by atoms with Crippen LogP contribution in [0.4, 0.5) is 5.69 Å². The largest absolute Gasteiger partial charge is 1.00 e. The van der Waals surface area contributed by atoms with Gasteiger partial charge in [0.1, 0.15) is 0 Å². The first-order valence-corrected chi connectivity index (χ1v) is 12.2. The van der Waals surface area contributed by atoms with Crippen molar-refractivity contribution in [1.29, 1.82) is 0 Å². The zero-order chi connectivity index (χ0) is 26.5. The van der Waals surface area contributed by atoms with Crippen LogP contribution in [-0.4, -0.2) is 27.5 Å². The molecule has 2 heterocycles. The van der Waals surface area contributed by atoms with Gasteiger partial charge in [0.25, 0.3) is 0 Å². The first-order chi connectivity index (χ1) is 17.7. The van der Waals surface area contributed by atoms with E-state index < -0.39 is 17.5 Å². The average Bonchev–Trinajstić information content (AvgIpc) is 3.17. The molecule has 194 valence electrons. The summed E-state index contributed by atoms with van der Waals surface area (Å²) in [7, 11) is 0.